The molecule has 0 aliphatic heterocycles. The fourth-order valence-corrected chi connectivity index (χ4v) is 3.51. The minimum Gasteiger partial charge on any atom is -0.478 e. The minimum absolute atomic E-state index is 0.0868. The highest BCUT2D eigenvalue weighted by Crippen LogP contribution is 2.34. The molecule has 3 rings (SSSR count). The predicted octanol–water partition coefficient (Wildman–Crippen LogP) is 5.46. The molecule has 3 aromatic rings. The van der Waals surface area contributed by atoms with Crippen molar-refractivity contribution in [3.8, 4) is 0 Å². The molecule has 0 saturated carbocycles. The Morgan fingerprint density at radius 2 is 1.71 bits per heavy atom. The van der Waals surface area contributed by atoms with E-state index in [4.69, 9.17) is 5.11 Å². The number of carboxylic acid groups (broad SMARTS) is 1. The van der Waals surface area contributed by atoms with E-state index in [0.29, 0.717) is 30.3 Å². The molecule has 0 spiro atoms. The van der Waals surface area contributed by atoms with E-state index in [1.54, 1.807) is 24.3 Å². The van der Waals surface area contributed by atoms with Gasteiger partial charge in [0, 0.05) is 25.2 Å². The summed E-state index contributed by atoms with van der Waals surface area (Å²) in [6.07, 6.45) is 4.51. The Labute approximate surface area is 200 Å². The second-order valence-corrected chi connectivity index (χ2v) is 7.92. The number of aromatic carboxylic acids is 1. The van der Waals surface area contributed by atoms with E-state index in [0.717, 1.165) is 37.1 Å². The van der Waals surface area contributed by atoms with Crippen LogP contribution in [0.15, 0.2) is 60.9 Å². The Bertz CT molecular complexity index is 1090. The second-order valence-electron chi connectivity index (χ2n) is 7.92. The summed E-state index contributed by atoms with van der Waals surface area (Å²) in [5, 5.41) is 15.4. The number of anilines is 4. The lowest BCUT2D eigenvalue weighted by Gasteiger charge is -2.26. The summed E-state index contributed by atoms with van der Waals surface area (Å²) in [6, 6.07) is 16.6. The van der Waals surface area contributed by atoms with Gasteiger partial charge in [-0.3, -0.25) is 4.79 Å². The number of amides is 1. The van der Waals surface area contributed by atoms with Crippen molar-refractivity contribution in [1.82, 2.24) is 9.97 Å². The lowest BCUT2D eigenvalue weighted by Crippen LogP contribution is -2.23. The van der Waals surface area contributed by atoms with E-state index in [-0.39, 0.29) is 11.5 Å². The number of benzene rings is 2. The third-order valence-electron chi connectivity index (χ3n) is 5.28. The van der Waals surface area contributed by atoms with Crippen molar-refractivity contribution in [3.05, 3.63) is 72.1 Å². The summed E-state index contributed by atoms with van der Waals surface area (Å²) in [5.41, 5.74) is 2.63. The van der Waals surface area contributed by atoms with Crippen molar-refractivity contribution in [1.29, 1.82) is 0 Å². The molecule has 8 nitrogen and oxygen atoms in total. The zero-order valence-electron chi connectivity index (χ0n) is 19.6. The smallest absolute Gasteiger partial charge is 0.335 e. The lowest BCUT2D eigenvalue weighted by molar-refractivity contribution is -0.116. The van der Waals surface area contributed by atoms with Crippen LogP contribution >= 0.6 is 0 Å². The highest BCUT2D eigenvalue weighted by Gasteiger charge is 2.20. The normalized spacial score (nSPS) is 10.5. The Kier molecular flexibility index (Phi) is 8.96. The van der Waals surface area contributed by atoms with Crippen LogP contribution in [0, 0.1) is 0 Å². The van der Waals surface area contributed by atoms with Crippen LogP contribution in [0.25, 0.3) is 0 Å². The molecule has 0 saturated heterocycles. The van der Waals surface area contributed by atoms with Gasteiger partial charge in [-0.15, -0.1) is 0 Å². The van der Waals surface area contributed by atoms with Crippen molar-refractivity contribution < 1.29 is 14.7 Å². The maximum Gasteiger partial charge on any atom is 0.335 e. The van der Waals surface area contributed by atoms with Gasteiger partial charge in [0.1, 0.15) is 12.0 Å². The average Bonchev–Trinajstić information content (AvgIpc) is 2.86. The van der Waals surface area contributed by atoms with Gasteiger partial charge in [0.05, 0.1) is 5.56 Å². The molecule has 1 aromatic heterocycles. The largest absolute Gasteiger partial charge is 0.478 e. The Morgan fingerprint density at radius 1 is 0.971 bits per heavy atom. The maximum absolute atomic E-state index is 12.7. The summed E-state index contributed by atoms with van der Waals surface area (Å²) in [7, 11) is 0. The van der Waals surface area contributed by atoms with Crippen LogP contribution in [0.5, 0.6) is 0 Å². The molecule has 1 heterocycles. The van der Waals surface area contributed by atoms with Crippen LogP contribution in [-0.4, -0.2) is 33.5 Å². The van der Waals surface area contributed by atoms with Crippen LogP contribution in [0.2, 0.25) is 0 Å². The number of para-hydroxylation sites is 1. The first-order chi connectivity index (χ1) is 16.5. The molecular formula is C26H31N5O3. The lowest BCUT2D eigenvalue weighted by atomic mass is 10.1. The van der Waals surface area contributed by atoms with Crippen molar-refractivity contribution in [3.63, 3.8) is 0 Å². The molecule has 0 aliphatic rings. The Morgan fingerprint density at radius 3 is 2.35 bits per heavy atom. The zero-order valence-corrected chi connectivity index (χ0v) is 19.6. The molecule has 178 valence electrons. The number of aromatic nitrogens is 2. The number of carbonyl (C=O) groups is 2. The summed E-state index contributed by atoms with van der Waals surface area (Å²) in [4.78, 5) is 34.8. The molecule has 0 unspecified atom stereocenters. The minimum atomic E-state index is -0.964. The highest BCUT2D eigenvalue weighted by molar-refractivity contribution is 5.98. The van der Waals surface area contributed by atoms with Gasteiger partial charge in [-0.1, -0.05) is 50.6 Å². The molecule has 0 fully saturated rings. The van der Waals surface area contributed by atoms with E-state index in [2.05, 4.69) is 32.4 Å². The first kappa shape index (κ1) is 24.7. The molecule has 0 radical (unpaired) electrons. The third-order valence-corrected chi connectivity index (χ3v) is 5.28. The molecular weight excluding hydrogens is 430 g/mol. The van der Waals surface area contributed by atoms with Gasteiger partial charge in [0.2, 0.25) is 5.91 Å². The molecule has 1 amide bonds. The quantitative estimate of drug-likeness (QED) is 0.328. The standard InChI is InChI=1S/C26H31N5O3/c1-3-5-11-22(32)30-23-24(27-17-19-12-14-20(15-13-19)26(33)34)28-18-29-25(23)31(16-4-2)21-9-7-6-8-10-21/h6-10,12-15,18H,3-5,11,16-17H2,1-2H3,(H,30,32)(H,33,34)(H,27,28,29). The number of rotatable bonds is 12. The number of carboxylic acids is 1. The SMILES string of the molecule is CCCCC(=O)Nc1c(NCc2ccc(C(=O)O)cc2)ncnc1N(CCC)c1ccccc1. The van der Waals surface area contributed by atoms with E-state index in [1.165, 1.54) is 6.33 Å². The Hall–Kier alpha value is -3.94. The number of nitrogens with one attached hydrogen (secondary N) is 2. The van der Waals surface area contributed by atoms with Gasteiger partial charge in [-0.05, 0) is 42.7 Å². The molecule has 8 heteroatoms. The number of carbonyl (C=O) groups excluding carboxylic acids is 1. The van der Waals surface area contributed by atoms with E-state index >= 15 is 0 Å². The molecule has 0 aliphatic carbocycles. The summed E-state index contributed by atoms with van der Waals surface area (Å²) in [6.45, 7) is 5.27. The molecule has 34 heavy (non-hydrogen) atoms. The molecule has 0 atom stereocenters. The predicted molar refractivity (Wildman–Crippen MR) is 135 cm³/mol. The molecule has 2 aromatic carbocycles. The van der Waals surface area contributed by atoms with Crippen LogP contribution < -0.4 is 15.5 Å². The van der Waals surface area contributed by atoms with Gasteiger partial charge in [-0.2, -0.15) is 0 Å². The van der Waals surface area contributed by atoms with Gasteiger partial charge < -0.3 is 20.6 Å². The van der Waals surface area contributed by atoms with Gasteiger partial charge >= 0.3 is 5.97 Å². The summed E-state index contributed by atoms with van der Waals surface area (Å²) < 4.78 is 0. The fraction of sp³-hybridized carbons (Fsp3) is 0.308. The third kappa shape index (κ3) is 6.54. The first-order valence-corrected chi connectivity index (χ1v) is 11.6. The van der Waals surface area contributed by atoms with Crippen LogP contribution in [-0.2, 0) is 11.3 Å². The van der Waals surface area contributed by atoms with E-state index in [9.17, 15) is 9.59 Å². The van der Waals surface area contributed by atoms with Crippen LogP contribution in [0.3, 0.4) is 0 Å². The van der Waals surface area contributed by atoms with Gasteiger partial charge in [0.25, 0.3) is 0 Å². The summed E-state index contributed by atoms with van der Waals surface area (Å²) >= 11 is 0. The van der Waals surface area contributed by atoms with Crippen molar-refractivity contribution in [2.75, 3.05) is 22.1 Å². The zero-order chi connectivity index (χ0) is 24.3. The van der Waals surface area contributed by atoms with Crippen LogP contribution in [0.4, 0.5) is 23.0 Å². The molecule has 0 bridgehead atoms. The first-order valence-electron chi connectivity index (χ1n) is 11.6. The number of hydrogen-bond acceptors (Lipinski definition) is 6. The highest BCUT2D eigenvalue weighted by atomic mass is 16.4. The summed E-state index contributed by atoms with van der Waals surface area (Å²) in [5.74, 6) is 0.0797. The number of nitrogens with zero attached hydrogens (tertiary/aromatic N) is 3. The van der Waals surface area contributed by atoms with Crippen molar-refractivity contribution >= 4 is 34.9 Å². The van der Waals surface area contributed by atoms with E-state index < -0.39 is 5.97 Å². The van der Waals surface area contributed by atoms with E-state index in [1.807, 2.05) is 37.3 Å². The van der Waals surface area contributed by atoms with Crippen molar-refractivity contribution in [2.45, 2.75) is 46.1 Å². The number of hydrogen-bond donors (Lipinski definition) is 3. The van der Waals surface area contributed by atoms with Gasteiger partial charge in [-0.25, -0.2) is 14.8 Å². The maximum atomic E-state index is 12.7. The topological polar surface area (TPSA) is 107 Å². The Balaban J connectivity index is 1.94. The molecule has 3 N–H and O–H groups in total. The fourth-order valence-electron chi connectivity index (χ4n) is 3.51. The number of unbranched alkanes of at least 4 members (excludes halogenated alkanes) is 1. The average molecular weight is 462 g/mol. The monoisotopic (exact) mass is 461 g/mol. The van der Waals surface area contributed by atoms with Crippen molar-refractivity contribution in [2.24, 2.45) is 0 Å². The van der Waals surface area contributed by atoms with Gasteiger partial charge in [0.15, 0.2) is 11.6 Å². The van der Waals surface area contributed by atoms with Crippen LogP contribution in [0.1, 0.15) is 55.5 Å². The second kappa shape index (κ2) is 12.3.